The minimum atomic E-state index is -0.174. The smallest absolute Gasteiger partial charge is 0.429 e. The number of aromatic nitrogens is 2. The Morgan fingerprint density at radius 3 is 1.24 bits per heavy atom. The molecule has 2 N–H and O–H groups in total. The van der Waals surface area contributed by atoms with Gasteiger partial charge in [0.25, 0.3) is 21.5 Å². The van der Waals surface area contributed by atoms with Gasteiger partial charge >= 0.3 is 23.1 Å². The molecule has 0 atom stereocenters. The normalized spacial score (nSPS) is 10.8. The maximum absolute atomic E-state index is 12.9. The van der Waals surface area contributed by atoms with Gasteiger partial charge in [0.2, 0.25) is 0 Å². The number of carbonyl (C=O) groups excluding carboxylic acids is 2. The Hall–Kier alpha value is -4.03. The first-order chi connectivity index (χ1) is 26.4. The standard InChI is InChI=1S/2C22H26N2O2S.Mg/c2*1-2-3-4-5-6-9-16-23-18-14-12-17(13-15-18)21(25)24-19-10-7-8-11-20(19)26-22(24)27;/h2*7-8,10-15,23H,2-6,9,16H2,1H3;/q;;+2. The van der Waals surface area contributed by atoms with Crippen LogP contribution in [0.3, 0.4) is 0 Å². The fourth-order valence-corrected chi connectivity index (χ4v) is 6.85. The van der Waals surface area contributed by atoms with Crippen molar-refractivity contribution >= 4 is 92.9 Å². The maximum Gasteiger partial charge on any atom is 2.00 e. The second-order valence-corrected chi connectivity index (χ2v) is 14.2. The quantitative estimate of drug-likeness (QED) is 0.0505. The monoisotopic (exact) mass is 788 g/mol. The third-order valence-corrected chi connectivity index (χ3v) is 9.89. The fraction of sp³-hybridized carbons (Fsp3) is 0.364. The second kappa shape index (κ2) is 23.1. The summed E-state index contributed by atoms with van der Waals surface area (Å²) in [5.74, 6) is -0.347. The van der Waals surface area contributed by atoms with Crippen LogP contribution in [0, 0.1) is 9.67 Å². The van der Waals surface area contributed by atoms with E-state index in [4.69, 9.17) is 33.3 Å². The summed E-state index contributed by atoms with van der Waals surface area (Å²) in [7, 11) is 0. The molecule has 284 valence electrons. The van der Waals surface area contributed by atoms with E-state index in [0.29, 0.717) is 33.3 Å². The van der Waals surface area contributed by atoms with Gasteiger partial charge in [0, 0.05) is 35.6 Å². The Morgan fingerprint density at radius 2 is 0.855 bits per heavy atom. The van der Waals surface area contributed by atoms with E-state index >= 15 is 0 Å². The number of nitrogens with zero attached hydrogens (tertiary/aromatic N) is 2. The van der Waals surface area contributed by atoms with E-state index in [9.17, 15) is 9.59 Å². The van der Waals surface area contributed by atoms with Crippen molar-refractivity contribution in [3.05, 3.63) is 118 Å². The van der Waals surface area contributed by atoms with E-state index in [0.717, 1.165) is 24.5 Å². The number of oxazole rings is 2. The average molecular weight is 789 g/mol. The Bertz CT molecular complexity index is 2050. The summed E-state index contributed by atoms with van der Waals surface area (Å²) in [4.78, 5) is 26.1. The number of anilines is 2. The summed E-state index contributed by atoms with van der Waals surface area (Å²) >= 11 is 10.5. The van der Waals surface area contributed by atoms with Crippen LogP contribution in [-0.4, -0.2) is 57.1 Å². The van der Waals surface area contributed by atoms with Crippen molar-refractivity contribution < 1.29 is 18.4 Å². The molecule has 0 aliphatic carbocycles. The molecule has 0 spiro atoms. The molecule has 2 heterocycles. The van der Waals surface area contributed by atoms with Crippen molar-refractivity contribution in [3.63, 3.8) is 0 Å². The number of benzene rings is 4. The molecule has 0 saturated carbocycles. The Labute approximate surface area is 350 Å². The van der Waals surface area contributed by atoms with Gasteiger partial charge < -0.3 is 19.5 Å². The van der Waals surface area contributed by atoms with Crippen LogP contribution in [0.1, 0.15) is 112 Å². The largest absolute Gasteiger partial charge is 2.00 e. The van der Waals surface area contributed by atoms with E-state index in [2.05, 4.69) is 24.5 Å². The van der Waals surface area contributed by atoms with Crippen LogP contribution in [0.25, 0.3) is 22.2 Å². The predicted octanol–water partition coefficient (Wildman–Crippen LogP) is 12.5. The molecular formula is C44H52MgN4O4S2+2. The summed E-state index contributed by atoms with van der Waals surface area (Å²) < 4.78 is 13.9. The van der Waals surface area contributed by atoms with Gasteiger partial charge in [-0.2, -0.15) is 0 Å². The predicted molar refractivity (Wildman–Crippen MR) is 232 cm³/mol. The van der Waals surface area contributed by atoms with Crippen LogP contribution in [0.4, 0.5) is 11.4 Å². The molecule has 11 heteroatoms. The zero-order valence-electron chi connectivity index (χ0n) is 32.2. The zero-order valence-corrected chi connectivity index (χ0v) is 35.2. The number of hydrogen-bond donors (Lipinski definition) is 2. The number of unbranched alkanes of at least 4 members (excludes halogenated alkanes) is 10. The molecular weight excluding hydrogens is 737 g/mol. The first-order valence-electron chi connectivity index (χ1n) is 19.4. The number of nitrogens with one attached hydrogen (secondary N) is 2. The van der Waals surface area contributed by atoms with Crippen LogP contribution in [0.5, 0.6) is 0 Å². The van der Waals surface area contributed by atoms with Gasteiger partial charge in [-0.3, -0.25) is 9.59 Å². The molecule has 6 aromatic rings. The molecule has 0 amide bonds. The minimum Gasteiger partial charge on any atom is -0.429 e. The summed E-state index contributed by atoms with van der Waals surface area (Å²) in [6, 6.07) is 29.8. The molecule has 0 unspecified atom stereocenters. The molecule has 0 saturated heterocycles. The average Bonchev–Trinajstić information content (AvgIpc) is 3.72. The third-order valence-electron chi connectivity index (χ3n) is 9.36. The van der Waals surface area contributed by atoms with E-state index < -0.39 is 0 Å². The van der Waals surface area contributed by atoms with E-state index in [-0.39, 0.29) is 44.5 Å². The van der Waals surface area contributed by atoms with Gasteiger partial charge in [-0.15, -0.1) is 0 Å². The van der Waals surface area contributed by atoms with Crippen LogP contribution < -0.4 is 10.6 Å². The van der Waals surface area contributed by atoms with E-state index in [1.165, 1.54) is 86.2 Å². The summed E-state index contributed by atoms with van der Waals surface area (Å²) in [5.41, 5.74) is 5.85. The molecule has 6 rings (SSSR count). The van der Waals surface area contributed by atoms with Gasteiger partial charge in [-0.25, -0.2) is 9.13 Å². The van der Waals surface area contributed by atoms with Crippen molar-refractivity contribution in [1.29, 1.82) is 0 Å². The van der Waals surface area contributed by atoms with Crippen LogP contribution in [-0.2, 0) is 0 Å². The SMILES string of the molecule is CCCCCCCCNc1ccc(C(=O)n2c(=S)oc3ccccc32)cc1.CCCCCCCCNc1ccc(C(=O)n2c(=S)oc3ccccc32)cc1.[Mg+2]. The molecule has 2 aromatic heterocycles. The molecule has 0 radical (unpaired) electrons. The van der Waals surface area contributed by atoms with Crippen molar-refractivity contribution in [1.82, 2.24) is 9.13 Å². The number of rotatable bonds is 18. The van der Waals surface area contributed by atoms with E-state index in [1.54, 1.807) is 0 Å². The molecule has 0 aliphatic rings. The van der Waals surface area contributed by atoms with Crippen LogP contribution in [0.2, 0.25) is 0 Å². The van der Waals surface area contributed by atoms with Crippen molar-refractivity contribution in [2.75, 3.05) is 23.7 Å². The molecule has 0 aliphatic heterocycles. The molecule has 0 fully saturated rings. The van der Waals surface area contributed by atoms with Gasteiger partial charge in [0.1, 0.15) is 0 Å². The van der Waals surface area contributed by atoms with Crippen molar-refractivity contribution in [3.8, 4) is 0 Å². The zero-order chi connectivity index (χ0) is 38.1. The number of carbonyl (C=O) groups is 2. The molecule has 55 heavy (non-hydrogen) atoms. The molecule has 4 aromatic carbocycles. The maximum atomic E-state index is 12.9. The minimum absolute atomic E-state index is 0. The van der Waals surface area contributed by atoms with Crippen molar-refractivity contribution in [2.45, 2.75) is 90.9 Å². The molecule has 8 nitrogen and oxygen atoms in total. The third kappa shape index (κ3) is 12.5. The van der Waals surface area contributed by atoms with Crippen molar-refractivity contribution in [2.24, 2.45) is 0 Å². The summed E-state index contributed by atoms with van der Waals surface area (Å²) in [6.07, 6.45) is 15.4. The van der Waals surface area contributed by atoms with E-state index in [1.807, 2.05) is 97.1 Å². The topological polar surface area (TPSA) is 94.3 Å². The van der Waals surface area contributed by atoms with Gasteiger partial charge in [0.15, 0.2) is 11.2 Å². The van der Waals surface area contributed by atoms with Crippen LogP contribution in [0.15, 0.2) is 106 Å². The van der Waals surface area contributed by atoms with Gasteiger partial charge in [0.05, 0.1) is 11.0 Å². The Morgan fingerprint density at radius 1 is 0.509 bits per heavy atom. The molecule has 0 bridgehead atoms. The Balaban J connectivity index is 0.000000240. The number of hydrogen-bond acceptors (Lipinski definition) is 8. The number of para-hydroxylation sites is 4. The Kier molecular flexibility index (Phi) is 18.4. The summed E-state index contributed by atoms with van der Waals surface area (Å²) in [6.45, 7) is 6.38. The first kappa shape index (κ1) is 43.7. The first-order valence-corrected chi connectivity index (χ1v) is 20.2. The second-order valence-electron chi connectivity index (χ2n) is 13.5. The van der Waals surface area contributed by atoms with Gasteiger partial charge in [-0.1, -0.05) is 102 Å². The van der Waals surface area contributed by atoms with Gasteiger partial charge in [-0.05, 0) is 110 Å². The van der Waals surface area contributed by atoms with Crippen LogP contribution >= 0.6 is 24.4 Å². The summed E-state index contributed by atoms with van der Waals surface area (Å²) in [5, 5.41) is 6.84. The fourth-order valence-electron chi connectivity index (χ4n) is 6.31. The number of fused-ring (bicyclic) bond motifs is 2.